The minimum atomic E-state index is -0.528. The van der Waals surface area contributed by atoms with E-state index in [9.17, 15) is 9.18 Å². The quantitative estimate of drug-likeness (QED) is 0.818. The number of benzene rings is 1. The lowest BCUT2D eigenvalue weighted by Crippen LogP contribution is -2.43. The zero-order valence-electron chi connectivity index (χ0n) is 13.0. The Morgan fingerprint density at radius 2 is 2.05 bits per heavy atom. The van der Waals surface area contributed by atoms with Crippen LogP contribution in [-0.2, 0) is 10.2 Å². The van der Waals surface area contributed by atoms with Crippen LogP contribution in [0.25, 0.3) is 0 Å². The molecular weight excluding hydrogens is 267 g/mol. The Balaban J connectivity index is 2.06. The fourth-order valence-electron chi connectivity index (χ4n) is 3.18. The van der Waals surface area contributed by atoms with E-state index in [0.717, 1.165) is 44.2 Å². The molecule has 1 aromatic carbocycles. The van der Waals surface area contributed by atoms with Crippen molar-refractivity contribution in [1.82, 2.24) is 10.2 Å². The Labute approximate surface area is 126 Å². The van der Waals surface area contributed by atoms with E-state index < -0.39 is 5.41 Å². The van der Waals surface area contributed by atoms with E-state index in [1.807, 2.05) is 20.2 Å². The van der Waals surface area contributed by atoms with Gasteiger partial charge in [0.15, 0.2) is 0 Å². The molecule has 0 unspecified atom stereocenters. The predicted octanol–water partition coefficient (Wildman–Crippen LogP) is 2.71. The summed E-state index contributed by atoms with van der Waals surface area (Å²) >= 11 is 0. The van der Waals surface area contributed by atoms with Gasteiger partial charge in [0.1, 0.15) is 5.82 Å². The molecule has 1 N–H and O–H groups in total. The summed E-state index contributed by atoms with van der Waals surface area (Å²) in [5.41, 5.74) is 0.297. The van der Waals surface area contributed by atoms with Crippen LogP contribution in [0.5, 0.6) is 0 Å². The molecule has 0 spiro atoms. The molecule has 0 aliphatic heterocycles. The number of amides is 1. The maximum Gasteiger partial charge on any atom is 0.230 e. The second kappa shape index (κ2) is 7.03. The molecule has 1 amide bonds. The summed E-state index contributed by atoms with van der Waals surface area (Å²) in [7, 11) is 4.04. The molecule has 0 saturated heterocycles. The molecule has 1 aromatic rings. The maximum absolute atomic E-state index is 13.5. The van der Waals surface area contributed by atoms with Gasteiger partial charge in [-0.25, -0.2) is 4.39 Å². The fourth-order valence-corrected chi connectivity index (χ4v) is 3.18. The minimum absolute atomic E-state index is 0.0596. The second-order valence-electron chi connectivity index (χ2n) is 6.21. The van der Waals surface area contributed by atoms with E-state index in [0.29, 0.717) is 6.54 Å². The van der Waals surface area contributed by atoms with Crippen molar-refractivity contribution in [3.05, 3.63) is 35.6 Å². The van der Waals surface area contributed by atoms with Gasteiger partial charge < -0.3 is 10.2 Å². The van der Waals surface area contributed by atoms with Gasteiger partial charge in [0.2, 0.25) is 5.91 Å². The van der Waals surface area contributed by atoms with Crippen molar-refractivity contribution in [2.75, 3.05) is 27.2 Å². The van der Waals surface area contributed by atoms with Crippen molar-refractivity contribution in [3.8, 4) is 0 Å². The van der Waals surface area contributed by atoms with Crippen LogP contribution in [0.15, 0.2) is 24.3 Å². The van der Waals surface area contributed by atoms with Crippen molar-refractivity contribution in [2.45, 2.75) is 37.5 Å². The van der Waals surface area contributed by atoms with Crippen LogP contribution in [-0.4, -0.2) is 38.0 Å². The molecule has 21 heavy (non-hydrogen) atoms. The summed E-state index contributed by atoms with van der Waals surface area (Å²) in [5, 5.41) is 3.05. The minimum Gasteiger partial charge on any atom is -0.355 e. The van der Waals surface area contributed by atoms with Gasteiger partial charge in [-0.2, -0.15) is 0 Å². The summed E-state index contributed by atoms with van der Waals surface area (Å²) in [6, 6.07) is 6.53. The van der Waals surface area contributed by atoms with Crippen LogP contribution in [0.3, 0.4) is 0 Å². The number of nitrogens with zero attached hydrogens (tertiary/aromatic N) is 1. The molecule has 4 heteroatoms. The molecule has 1 fully saturated rings. The van der Waals surface area contributed by atoms with Crippen LogP contribution in [0.4, 0.5) is 4.39 Å². The molecule has 0 atom stereocenters. The van der Waals surface area contributed by atoms with Gasteiger partial charge in [-0.15, -0.1) is 0 Å². The smallest absolute Gasteiger partial charge is 0.230 e. The Hall–Kier alpha value is -1.42. The first-order chi connectivity index (χ1) is 10.0. The van der Waals surface area contributed by atoms with Gasteiger partial charge in [0.05, 0.1) is 5.41 Å². The van der Waals surface area contributed by atoms with Gasteiger partial charge in [0, 0.05) is 6.54 Å². The first-order valence-electron chi connectivity index (χ1n) is 7.74. The third-order valence-corrected chi connectivity index (χ3v) is 4.34. The van der Waals surface area contributed by atoms with Gasteiger partial charge in [0.25, 0.3) is 0 Å². The van der Waals surface area contributed by atoms with E-state index in [-0.39, 0.29) is 11.7 Å². The number of hydrogen-bond donors (Lipinski definition) is 1. The van der Waals surface area contributed by atoms with Gasteiger partial charge >= 0.3 is 0 Å². The van der Waals surface area contributed by atoms with E-state index in [2.05, 4.69) is 10.2 Å². The Bertz CT molecular complexity index is 481. The lowest BCUT2D eigenvalue weighted by atomic mass is 9.78. The SMILES string of the molecule is CN(C)CCCNC(=O)C1(c2cccc(F)c2)CCCC1. The second-order valence-corrected chi connectivity index (χ2v) is 6.21. The molecule has 1 saturated carbocycles. The molecule has 2 rings (SSSR count). The number of rotatable bonds is 6. The van der Waals surface area contributed by atoms with Crippen LogP contribution >= 0.6 is 0 Å². The predicted molar refractivity (Wildman–Crippen MR) is 82.7 cm³/mol. The lowest BCUT2D eigenvalue weighted by Gasteiger charge is -2.28. The highest BCUT2D eigenvalue weighted by Crippen LogP contribution is 2.41. The number of halogens is 1. The van der Waals surface area contributed by atoms with Crippen LogP contribution in [0.2, 0.25) is 0 Å². The van der Waals surface area contributed by atoms with E-state index in [4.69, 9.17) is 0 Å². The Morgan fingerprint density at radius 1 is 1.33 bits per heavy atom. The molecular formula is C17H25FN2O. The molecule has 0 heterocycles. The lowest BCUT2D eigenvalue weighted by molar-refractivity contribution is -0.126. The highest BCUT2D eigenvalue weighted by atomic mass is 19.1. The normalized spacial score (nSPS) is 17.1. The monoisotopic (exact) mass is 292 g/mol. The summed E-state index contributed by atoms with van der Waals surface area (Å²) in [5.74, 6) is -0.205. The van der Waals surface area contributed by atoms with Crippen molar-refractivity contribution in [1.29, 1.82) is 0 Å². The zero-order valence-corrected chi connectivity index (χ0v) is 13.0. The highest BCUT2D eigenvalue weighted by molar-refractivity contribution is 5.88. The zero-order chi connectivity index (χ0) is 15.3. The van der Waals surface area contributed by atoms with Crippen molar-refractivity contribution in [2.24, 2.45) is 0 Å². The molecule has 1 aliphatic carbocycles. The summed E-state index contributed by atoms with van der Waals surface area (Å²) < 4.78 is 13.5. The maximum atomic E-state index is 13.5. The average Bonchev–Trinajstić information content (AvgIpc) is 2.94. The van der Waals surface area contributed by atoms with Gasteiger partial charge in [-0.3, -0.25) is 4.79 Å². The highest BCUT2D eigenvalue weighted by Gasteiger charge is 2.42. The summed E-state index contributed by atoms with van der Waals surface area (Å²) in [4.78, 5) is 14.8. The first-order valence-corrected chi connectivity index (χ1v) is 7.74. The first kappa shape index (κ1) is 16.0. The Kier molecular flexibility index (Phi) is 5.34. The largest absolute Gasteiger partial charge is 0.355 e. The van der Waals surface area contributed by atoms with Crippen LogP contribution in [0.1, 0.15) is 37.7 Å². The molecule has 116 valence electrons. The van der Waals surface area contributed by atoms with E-state index in [1.54, 1.807) is 6.07 Å². The van der Waals surface area contributed by atoms with E-state index in [1.165, 1.54) is 12.1 Å². The standard InChI is InChI=1S/C17H25FN2O/c1-20(2)12-6-11-19-16(21)17(9-3-4-10-17)14-7-5-8-15(18)13-14/h5,7-8,13H,3-4,6,9-12H2,1-2H3,(H,19,21). The van der Waals surface area contributed by atoms with E-state index >= 15 is 0 Å². The van der Waals surface area contributed by atoms with Crippen molar-refractivity contribution >= 4 is 5.91 Å². The van der Waals surface area contributed by atoms with Crippen molar-refractivity contribution in [3.63, 3.8) is 0 Å². The average molecular weight is 292 g/mol. The summed E-state index contributed by atoms with van der Waals surface area (Å²) in [6.07, 6.45) is 4.62. The van der Waals surface area contributed by atoms with Gasteiger partial charge in [-0.05, 0) is 57.6 Å². The number of hydrogen-bond acceptors (Lipinski definition) is 2. The molecule has 3 nitrogen and oxygen atoms in total. The third kappa shape index (κ3) is 3.82. The van der Waals surface area contributed by atoms with Crippen molar-refractivity contribution < 1.29 is 9.18 Å². The topological polar surface area (TPSA) is 32.3 Å². The molecule has 1 aliphatic rings. The Morgan fingerprint density at radius 3 is 2.67 bits per heavy atom. The fraction of sp³-hybridized carbons (Fsp3) is 0.588. The van der Waals surface area contributed by atoms with Crippen LogP contribution < -0.4 is 5.32 Å². The number of nitrogens with one attached hydrogen (secondary N) is 1. The molecule has 0 aromatic heterocycles. The number of carbonyl (C=O) groups excluding carboxylic acids is 1. The van der Waals surface area contributed by atoms with Crippen LogP contribution in [0, 0.1) is 5.82 Å². The third-order valence-electron chi connectivity index (χ3n) is 4.34. The molecule has 0 radical (unpaired) electrons. The number of carbonyl (C=O) groups is 1. The van der Waals surface area contributed by atoms with Gasteiger partial charge in [-0.1, -0.05) is 25.0 Å². The summed E-state index contributed by atoms with van der Waals surface area (Å²) in [6.45, 7) is 1.63. The molecule has 0 bridgehead atoms.